The van der Waals surface area contributed by atoms with Gasteiger partial charge in [0.25, 0.3) is 20.2 Å². The predicted octanol–water partition coefficient (Wildman–Crippen LogP) is 1.33. The molecule has 0 saturated carbocycles. The molecule has 2 rings (SSSR count). The fourth-order valence-corrected chi connectivity index (χ4v) is 3.22. The normalized spacial score (nSPS) is 12.4. The minimum absolute atomic E-state index is 0.0126. The molecule has 10 heteroatoms. The number of fused-ring (bicyclic) bond motifs is 1. The molecule has 0 aliphatic carbocycles. The van der Waals surface area contributed by atoms with Gasteiger partial charge in [-0.3, -0.25) is 9.11 Å². The number of anilines is 1. The summed E-state index contributed by atoms with van der Waals surface area (Å²) in [4.78, 5) is -0.485. The van der Waals surface area contributed by atoms with Crippen LogP contribution in [0.3, 0.4) is 0 Å². The van der Waals surface area contributed by atoms with Gasteiger partial charge in [0, 0.05) is 16.8 Å². The summed E-state index contributed by atoms with van der Waals surface area (Å²) in [6, 6.07) is 7.65. The first-order chi connectivity index (χ1) is 10.6. The van der Waals surface area contributed by atoms with Crippen molar-refractivity contribution in [3.8, 4) is 5.75 Å². The highest BCUT2D eigenvalue weighted by atomic mass is 32.2. The molecule has 0 atom stereocenters. The summed E-state index contributed by atoms with van der Waals surface area (Å²) in [6.07, 6.45) is 0.0126. The van der Waals surface area contributed by atoms with Crippen LogP contribution in [0.1, 0.15) is 6.42 Å². The largest absolute Gasteiger partial charge is 0.493 e. The Bertz CT molecular complexity index is 936. The Kier molecular flexibility index (Phi) is 4.80. The Morgan fingerprint density at radius 3 is 2.22 bits per heavy atom. The summed E-state index contributed by atoms with van der Waals surface area (Å²) in [5.74, 6) is -0.344. The first-order valence-electron chi connectivity index (χ1n) is 6.46. The van der Waals surface area contributed by atoms with Gasteiger partial charge in [-0.1, -0.05) is 24.3 Å². The van der Waals surface area contributed by atoms with E-state index in [0.717, 1.165) is 6.07 Å². The molecule has 4 N–H and O–H groups in total. The highest BCUT2D eigenvalue weighted by molar-refractivity contribution is 7.86. The summed E-state index contributed by atoms with van der Waals surface area (Å²) in [6.45, 7) is -0.0708. The minimum Gasteiger partial charge on any atom is -0.493 e. The van der Waals surface area contributed by atoms with E-state index < -0.39 is 30.9 Å². The molecule has 126 valence electrons. The molecule has 0 heterocycles. The van der Waals surface area contributed by atoms with E-state index in [0.29, 0.717) is 10.8 Å². The Morgan fingerprint density at radius 2 is 1.65 bits per heavy atom. The fourth-order valence-electron chi connectivity index (χ4n) is 2.10. The SMILES string of the molecule is Nc1c(S(=O)(=O)O)cc(OCCCS(=O)(=O)O)c2ccccc12. The van der Waals surface area contributed by atoms with Crippen molar-refractivity contribution in [3.05, 3.63) is 30.3 Å². The minimum atomic E-state index is -4.54. The number of hydrogen-bond donors (Lipinski definition) is 3. The van der Waals surface area contributed by atoms with Crippen LogP contribution in [0.2, 0.25) is 0 Å². The van der Waals surface area contributed by atoms with E-state index >= 15 is 0 Å². The Labute approximate surface area is 133 Å². The highest BCUT2D eigenvalue weighted by Crippen LogP contribution is 2.35. The monoisotopic (exact) mass is 361 g/mol. The maximum absolute atomic E-state index is 11.4. The maximum atomic E-state index is 11.4. The third kappa shape index (κ3) is 4.32. The van der Waals surface area contributed by atoms with Gasteiger partial charge in [-0.2, -0.15) is 16.8 Å². The topological polar surface area (TPSA) is 144 Å². The number of ether oxygens (including phenoxy) is 1. The lowest BCUT2D eigenvalue weighted by Crippen LogP contribution is -2.09. The van der Waals surface area contributed by atoms with Gasteiger partial charge in [-0.05, 0) is 6.42 Å². The molecule has 0 bridgehead atoms. The number of benzene rings is 2. The van der Waals surface area contributed by atoms with Crippen molar-refractivity contribution in [2.24, 2.45) is 0 Å². The van der Waals surface area contributed by atoms with Gasteiger partial charge in [-0.15, -0.1) is 0 Å². The second kappa shape index (κ2) is 6.32. The molecule has 0 amide bonds. The van der Waals surface area contributed by atoms with Crippen molar-refractivity contribution in [2.75, 3.05) is 18.1 Å². The molecule has 0 aliphatic rings. The number of rotatable bonds is 6. The van der Waals surface area contributed by atoms with Crippen LogP contribution in [-0.2, 0) is 20.2 Å². The Hall–Kier alpha value is -1.88. The van der Waals surface area contributed by atoms with Crippen LogP contribution in [-0.4, -0.2) is 38.3 Å². The molecule has 0 aromatic heterocycles. The van der Waals surface area contributed by atoms with Crippen LogP contribution >= 0.6 is 0 Å². The quantitative estimate of drug-likeness (QED) is 0.397. The van der Waals surface area contributed by atoms with Gasteiger partial charge >= 0.3 is 0 Å². The van der Waals surface area contributed by atoms with E-state index in [1.165, 1.54) is 0 Å². The molecule has 0 saturated heterocycles. The highest BCUT2D eigenvalue weighted by Gasteiger charge is 2.19. The zero-order chi connectivity index (χ0) is 17.3. The molecular formula is C13H15NO7S2. The molecule has 0 fully saturated rings. The first kappa shape index (κ1) is 17.5. The van der Waals surface area contributed by atoms with E-state index in [1.54, 1.807) is 24.3 Å². The van der Waals surface area contributed by atoms with Crippen molar-refractivity contribution in [3.63, 3.8) is 0 Å². The van der Waals surface area contributed by atoms with Crippen molar-refractivity contribution < 1.29 is 30.7 Å². The second-order valence-corrected chi connectivity index (χ2v) is 7.76. The Morgan fingerprint density at radius 1 is 1.04 bits per heavy atom. The van der Waals surface area contributed by atoms with Gasteiger partial charge in [0.15, 0.2) is 0 Å². The van der Waals surface area contributed by atoms with Crippen LogP contribution in [0, 0.1) is 0 Å². The standard InChI is InChI=1S/C13H15NO7S2/c14-13-10-5-2-1-4-9(10)11(8-12(13)23(18,19)20)21-6-3-7-22(15,16)17/h1-2,4-5,8H,3,6-7,14H2,(H,15,16,17)(H,18,19,20). The number of hydrogen-bond acceptors (Lipinski definition) is 6. The third-order valence-electron chi connectivity index (χ3n) is 3.09. The van der Waals surface area contributed by atoms with E-state index in [4.69, 9.17) is 15.0 Å². The lowest BCUT2D eigenvalue weighted by molar-refractivity contribution is 0.319. The molecule has 0 radical (unpaired) electrons. The van der Waals surface area contributed by atoms with E-state index in [1.807, 2.05) is 0 Å². The molecule has 0 aliphatic heterocycles. The van der Waals surface area contributed by atoms with Crippen molar-refractivity contribution in [1.29, 1.82) is 0 Å². The zero-order valence-corrected chi connectivity index (χ0v) is 13.5. The van der Waals surface area contributed by atoms with Crippen molar-refractivity contribution >= 4 is 36.7 Å². The summed E-state index contributed by atoms with van der Waals surface area (Å²) in [5.41, 5.74) is 5.68. The maximum Gasteiger partial charge on any atom is 0.296 e. The predicted molar refractivity (Wildman–Crippen MR) is 84.7 cm³/mol. The summed E-state index contributed by atoms with van der Waals surface area (Å²) < 4.78 is 67.5. The van der Waals surface area contributed by atoms with Gasteiger partial charge in [0.2, 0.25) is 0 Å². The van der Waals surface area contributed by atoms with Crippen molar-refractivity contribution in [1.82, 2.24) is 0 Å². The van der Waals surface area contributed by atoms with Gasteiger partial charge < -0.3 is 10.5 Å². The van der Waals surface area contributed by atoms with Crippen LogP contribution < -0.4 is 10.5 Å². The fraction of sp³-hybridized carbons (Fsp3) is 0.231. The second-order valence-electron chi connectivity index (χ2n) is 4.80. The smallest absolute Gasteiger partial charge is 0.296 e. The zero-order valence-electron chi connectivity index (χ0n) is 11.8. The van der Waals surface area contributed by atoms with Gasteiger partial charge in [0.05, 0.1) is 18.0 Å². The molecule has 0 spiro atoms. The molecular weight excluding hydrogens is 346 g/mol. The summed E-state index contributed by atoms with van der Waals surface area (Å²) in [7, 11) is -8.64. The molecule has 23 heavy (non-hydrogen) atoms. The van der Waals surface area contributed by atoms with Crippen LogP contribution in [0.5, 0.6) is 5.75 Å². The lowest BCUT2D eigenvalue weighted by Gasteiger charge is -2.13. The lowest BCUT2D eigenvalue weighted by atomic mass is 10.1. The van der Waals surface area contributed by atoms with E-state index in [-0.39, 0.29) is 24.5 Å². The molecule has 2 aromatic carbocycles. The first-order valence-corrected chi connectivity index (χ1v) is 9.51. The van der Waals surface area contributed by atoms with Gasteiger partial charge in [0.1, 0.15) is 10.6 Å². The van der Waals surface area contributed by atoms with E-state index in [2.05, 4.69) is 0 Å². The average Bonchev–Trinajstić information content (AvgIpc) is 2.43. The van der Waals surface area contributed by atoms with Crippen LogP contribution in [0.4, 0.5) is 5.69 Å². The van der Waals surface area contributed by atoms with Crippen LogP contribution in [0.25, 0.3) is 10.8 Å². The van der Waals surface area contributed by atoms with Crippen molar-refractivity contribution in [2.45, 2.75) is 11.3 Å². The summed E-state index contributed by atoms with van der Waals surface area (Å²) in [5, 5.41) is 0.900. The number of nitrogen functional groups attached to an aromatic ring is 1. The molecule has 2 aromatic rings. The Balaban J connectivity index is 2.40. The number of nitrogens with two attached hydrogens (primary N) is 1. The van der Waals surface area contributed by atoms with Crippen LogP contribution in [0.15, 0.2) is 35.2 Å². The summed E-state index contributed by atoms with van der Waals surface area (Å²) >= 11 is 0. The van der Waals surface area contributed by atoms with E-state index in [9.17, 15) is 21.4 Å². The molecule has 0 unspecified atom stereocenters. The third-order valence-corrected chi connectivity index (χ3v) is 4.79. The molecule has 8 nitrogen and oxygen atoms in total. The average molecular weight is 361 g/mol. The van der Waals surface area contributed by atoms with Gasteiger partial charge in [-0.25, -0.2) is 0 Å².